The number of hydrogen-bond donors (Lipinski definition) is 2. The summed E-state index contributed by atoms with van der Waals surface area (Å²) in [6, 6.07) is 8.32. The molecule has 1 atom stereocenters. The summed E-state index contributed by atoms with van der Waals surface area (Å²) in [6.07, 6.45) is 0. The van der Waals surface area contributed by atoms with Crippen LogP contribution in [0.5, 0.6) is 5.75 Å². The van der Waals surface area contributed by atoms with Crippen LogP contribution in [0.4, 0.5) is 0 Å². The van der Waals surface area contributed by atoms with E-state index in [9.17, 15) is 0 Å². The number of ether oxygens (including phenoxy) is 1. The first-order chi connectivity index (χ1) is 8.67. The monoisotopic (exact) mass is 262 g/mol. The van der Waals surface area contributed by atoms with Crippen LogP contribution in [-0.2, 0) is 0 Å². The molecule has 0 aliphatic rings. The van der Waals surface area contributed by atoms with Crippen LogP contribution in [0.25, 0.3) is 0 Å². The number of methoxy groups -OCH3 is 1. The van der Waals surface area contributed by atoms with E-state index in [2.05, 4.69) is 37.5 Å². The van der Waals surface area contributed by atoms with Crippen molar-refractivity contribution in [3.8, 4) is 5.75 Å². The van der Waals surface area contributed by atoms with Crippen LogP contribution in [0, 0.1) is 13.8 Å². The highest BCUT2D eigenvalue weighted by molar-refractivity contribution is 7.10. The molecule has 4 heteroatoms. The van der Waals surface area contributed by atoms with E-state index in [0.717, 1.165) is 10.6 Å². The summed E-state index contributed by atoms with van der Waals surface area (Å²) < 4.78 is 5.22. The molecule has 3 N–H and O–H groups in total. The lowest BCUT2D eigenvalue weighted by atomic mass is 9.97. The maximum atomic E-state index is 5.72. The first-order valence-electron chi connectivity index (χ1n) is 5.82. The Morgan fingerprint density at radius 3 is 2.72 bits per heavy atom. The minimum atomic E-state index is 0.0128. The SMILES string of the molecule is COc1csc(C(NN)c2cccc(C)c2C)c1. The summed E-state index contributed by atoms with van der Waals surface area (Å²) in [5.41, 5.74) is 6.65. The highest BCUT2D eigenvalue weighted by Crippen LogP contribution is 2.32. The van der Waals surface area contributed by atoms with Crippen molar-refractivity contribution in [2.75, 3.05) is 7.11 Å². The van der Waals surface area contributed by atoms with E-state index >= 15 is 0 Å². The molecule has 0 aliphatic heterocycles. The fraction of sp³-hybridized carbons (Fsp3) is 0.286. The first-order valence-corrected chi connectivity index (χ1v) is 6.70. The molecule has 0 saturated carbocycles. The van der Waals surface area contributed by atoms with Gasteiger partial charge in [-0.25, -0.2) is 5.43 Å². The predicted octanol–water partition coefficient (Wildman–Crippen LogP) is 2.93. The number of nitrogens with two attached hydrogens (primary N) is 1. The molecule has 18 heavy (non-hydrogen) atoms. The Bertz CT molecular complexity index is 536. The maximum absolute atomic E-state index is 5.72. The molecule has 0 amide bonds. The highest BCUT2D eigenvalue weighted by atomic mass is 32.1. The van der Waals surface area contributed by atoms with Crippen LogP contribution in [0.1, 0.15) is 27.6 Å². The minimum absolute atomic E-state index is 0.0128. The number of benzene rings is 1. The number of hydrazine groups is 1. The van der Waals surface area contributed by atoms with E-state index in [-0.39, 0.29) is 6.04 Å². The van der Waals surface area contributed by atoms with Gasteiger partial charge in [-0.3, -0.25) is 5.84 Å². The molecule has 0 fully saturated rings. The van der Waals surface area contributed by atoms with Gasteiger partial charge in [-0.1, -0.05) is 18.2 Å². The molecular weight excluding hydrogens is 244 g/mol. The molecule has 2 aromatic rings. The molecule has 0 saturated heterocycles. The third kappa shape index (κ3) is 2.41. The fourth-order valence-electron chi connectivity index (χ4n) is 2.00. The third-order valence-corrected chi connectivity index (χ3v) is 4.22. The highest BCUT2D eigenvalue weighted by Gasteiger charge is 2.17. The summed E-state index contributed by atoms with van der Waals surface area (Å²) in [5.74, 6) is 6.60. The molecule has 1 aromatic carbocycles. The predicted molar refractivity (Wildman–Crippen MR) is 76.0 cm³/mol. The molecule has 1 heterocycles. The van der Waals surface area contributed by atoms with Crippen molar-refractivity contribution in [2.24, 2.45) is 5.84 Å². The summed E-state index contributed by atoms with van der Waals surface area (Å²) in [6.45, 7) is 4.24. The van der Waals surface area contributed by atoms with Crippen molar-refractivity contribution in [3.63, 3.8) is 0 Å². The molecule has 1 unspecified atom stereocenters. The Balaban J connectivity index is 2.41. The van der Waals surface area contributed by atoms with Gasteiger partial charge in [0.1, 0.15) is 5.75 Å². The average molecular weight is 262 g/mol. The van der Waals surface area contributed by atoms with Gasteiger partial charge in [-0.05, 0) is 36.6 Å². The zero-order valence-corrected chi connectivity index (χ0v) is 11.7. The zero-order chi connectivity index (χ0) is 13.1. The van der Waals surface area contributed by atoms with Crippen molar-refractivity contribution >= 4 is 11.3 Å². The Morgan fingerprint density at radius 1 is 1.33 bits per heavy atom. The average Bonchev–Trinajstić information content (AvgIpc) is 2.84. The first kappa shape index (κ1) is 13.1. The summed E-state index contributed by atoms with van der Waals surface area (Å²) in [5, 5.41) is 1.99. The molecular formula is C14H18N2OS. The Labute approximate surface area is 112 Å². The Morgan fingerprint density at radius 2 is 2.11 bits per heavy atom. The molecule has 1 aromatic heterocycles. The molecule has 0 bridgehead atoms. The van der Waals surface area contributed by atoms with Crippen molar-refractivity contribution < 1.29 is 4.74 Å². The minimum Gasteiger partial charge on any atom is -0.496 e. The third-order valence-electron chi connectivity index (χ3n) is 3.24. The van der Waals surface area contributed by atoms with E-state index in [4.69, 9.17) is 10.6 Å². The number of aryl methyl sites for hydroxylation is 1. The maximum Gasteiger partial charge on any atom is 0.129 e. The number of hydrogen-bond acceptors (Lipinski definition) is 4. The van der Waals surface area contributed by atoms with Crippen LogP contribution in [-0.4, -0.2) is 7.11 Å². The summed E-state index contributed by atoms with van der Waals surface area (Å²) in [7, 11) is 1.68. The normalized spacial score (nSPS) is 12.4. The van der Waals surface area contributed by atoms with Crippen molar-refractivity contribution in [1.29, 1.82) is 0 Å². The second kappa shape index (κ2) is 5.52. The van der Waals surface area contributed by atoms with Crippen LogP contribution < -0.4 is 16.0 Å². The molecule has 0 spiro atoms. The largest absolute Gasteiger partial charge is 0.496 e. The Kier molecular flexibility index (Phi) is 4.01. The number of thiophene rings is 1. The van der Waals surface area contributed by atoms with Crippen LogP contribution >= 0.6 is 11.3 Å². The van der Waals surface area contributed by atoms with Gasteiger partial charge in [-0.2, -0.15) is 0 Å². The van der Waals surface area contributed by atoms with Crippen LogP contribution in [0.15, 0.2) is 29.6 Å². The Hall–Kier alpha value is -1.36. The van der Waals surface area contributed by atoms with Gasteiger partial charge < -0.3 is 4.74 Å². The lowest BCUT2D eigenvalue weighted by Gasteiger charge is -2.18. The lowest BCUT2D eigenvalue weighted by Crippen LogP contribution is -2.28. The zero-order valence-electron chi connectivity index (χ0n) is 10.9. The molecule has 0 radical (unpaired) electrons. The second-order valence-corrected chi connectivity index (χ2v) is 5.22. The van der Waals surface area contributed by atoms with Gasteiger partial charge in [0.05, 0.1) is 13.2 Å². The second-order valence-electron chi connectivity index (χ2n) is 4.28. The van der Waals surface area contributed by atoms with Gasteiger partial charge >= 0.3 is 0 Å². The van der Waals surface area contributed by atoms with Crippen molar-refractivity contribution in [2.45, 2.75) is 19.9 Å². The molecule has 3 nitrogen and oxygen atoms in total. The fourth-order valence-corrected chi connectivity index (χ4v) is 2.94. The van der Waals surface area contributed by atoms with E-state index in [1.165, 1.54) is 16.7 Å². The van der Waals surface area contributed by atoms with Gasteiger partial charge in [0.15, 0.2) is 0 Å². The molecule has 2 rings (SSSR count). The smallest absolute Gasteiger partial charge is 0.129 e. The van der Waals surface area contributed by atoms with E-state index in [1.54, 1.807) is 18.4 Å². The lowest BCUT2D eigenvalue weighted by molar-refractivity contribution is 0.416. The number of rotatable bonds is 4. The van der Waals surface area contributed by atoms with Crippen LogP contribution in [0.3, 0.4) is 0 Å². The van der Waals surface area contributed by atoms with Gasteiger partial charge in [-0.15, -0.1) is 11.3 Å². The van der Waals surface area contributed by atoms with Crippen molar-refractivity contribution in [1.82, 2.24) is 5.43 Å². The quantitative estimate of drug-likeness (QED) is 0.658. The van der Waals surface area contributed by atoms with E-state index < -0.39 is 0 Å². The molecule has 96 valence electrons. The molecule has 0 aliphatic carbocycles. The number of nitrogens with one attached hydrogen (secondary N) is 1. The van der Waals surface area contributed by atoms with E-state index in [1.807, 2.05) is 11.4 Å². The standard InChI is InChI=1S/C14H18N2OS/c1-9-5-4-6-12(10(9)2)14(16-15)13-7-11(17-3)8-18-13/h4-8,14,16H,15H2,1-3H3. The topological polar surface area (TPSA) is 47.3 Å². The summed E-state index contributed by atoms with van der Waals surface area (Å²) >= 11 is 1.65. The summed E-state index contributed by atoms with van der Waals surface area (Å²) in [4.78, 5) is 1.16. The van der Waals surface area contributed by atoms with E-state index in [0.29, 0.717) is 0 Å². The van der Waals surface area contributed by atoms with Gasteiger partial charge in [0.25, 0.3) is 0 Å². The van der Waals surface area contributed by atoms with Crippen LogP contribution in [0.2, 0.25) is 0 Å². The van der Waals surface area contributed by atoms with Gasteiger partial charge in [0.2, 0.25) is 0 Å². The van der Waals surface area contributed by atoms with Gasteiger partial charge in [0, 0.05) is 10.3 Å². The van der Waals surface area contributed by atoms with Crippen molar-refractivity contribution in [3.05, 3.63) is 51.2 Å².